The lowest BCUT2D eigenvalue weighted by Crippen LogP contribution is -2.15. The molecule has 0 saturated carbocycles. The number of rotatable bonds is 6. The Hall–Kier alpha value is -2.45. The van der Waals surface area contributed by atoms with Gasteiger partial charge in [0.1, 0.15) is 5.75 Å². The number of benzene rings is 1. The molecule has 0 unspecified atom stereocenters. The minimum absolute atomic E-state index is 0.0299. The summed E-state index contributed by atoms with van der Waals surface area (Å²) < 4.78 is 44.3. The van der Waals surface area contributed by atoms with Crippen LogP contribution in [0.15, 0.2) is 18.2 Å². The number of aldehydes is 1. The molecular weight excluding hydrogens is 301 g/mol. The molecule has 0 aliphatic heterocycles. The molecule has 0 N–H and O–H groups in total. The number of carbonyl (C=O) groups is 1. The van der Waals surface area contributed by atoms with Crippen molar-refractivity contribution in [2.75, 3.05) is 6.61 Å². The van der Waals surface area contributed by atoms with Crippen LogP contribution in [0.3, 0.4) is 0 Å². The fourth-order valence-corrected chi connectivity index (χ4v) is 1.76. The second-order valence-electron chi connectivity index (χ2n) is 4.45. The number of carbonyl (C=O) groups excluding carboxylic acids is 1. The highest BCUT2D eigenvalue weighted by atomic mass is 19.4. The highest BCUT2D eigenvalue weighted by Crippen LogP contribution is 2.29. The Morgan fingerprint density at radius 1 is 1.36 bits per heavy atom. The Labute approximate surface area is 123 Å². The Kier molecular flexibility index (Phi) is 4.74. The lowest BCUT2D eigenvalue weighted by molar-refractivity contribution is -0.146. The second kappa shape index (κ2) is 6.54. The molecule has 1 heterocycles. The summed E-state index contributed by atoms with van der Waals surface area (Å²) in [6.07, 6.45) is -2.44. The lowest BCUT2D eigenvalue weighted by Gasteiger charge is -2.11. The number of hydrogen-bond acceptors (Lipinski definition) is 5. The van der Waals surface area contributed by atoms with Crippen LogP contribution in [-0.2, 0) is 6.18 Å². The number of tetrazole rings is 1. The maximum Gasteiger partial charge on any atom is 0.453 e. The van der Waals surface area contributed by atoms with E-state index in [1.54, 1.807) is 0 Å². The van der Waals surface area contributed by atoms with Crippen molar-refractivity contribution in [2.45, 2.75) is 25.9 Å². The minimum Gasteiger partial charge on any atom is -0.493 e. The van der Waals surface area contributed by atoms with Crippen molar-refractivity contribution in [3.63, 3.8) is 0 Å². The average Bonchev–Trinajstić information content (AvgIpc) is 2.97. The molecule has 0 saturated heterocycles. The van der Waals surface area contributed by atoms with Crippen LogP contribution >= 0.6 is 0 Å². The second-order valence-corrected chi connectivity index (χ2v) is 4.45. The first-order valence-electron chi connectivity index (χ1n) is 6.55. The summed E-state index contributed by atoms with van der Waals surface area (Å²) in [5.74, 6) is -0.946. The Balaban J connectivity index is 2.34. The fraction of sp³-hybridized carbons (Fsp3) is 0.385. The maximum absolute atomic E-state index is 12.8. The number of alkyl halides is 3. The van der Waals surface area contributed by atoms with Crippen molar-refractivity contribution in [3.8, 4) is 11.4 Å². The first kappa shape index (κ1) is 15.9. The first-order chi connectivity index (χ1) is 10.5. The number of aromatic nitrogens is 4. The van der Waals surface area contributed by atoms with Gasteiger partial charge >= 0.3 is 6.18 Å². The molecule has 0 aliphatic rings. The van der Waals surface area contributed by atoms with Crippen molar-refractivity contribution < 1.29 is 22.7 Å². The number of nitrogens with zero attached hydrogens (tertiary/aromatic N) is 4. The molecule has 22 heavy (non-hydrogen) atoms. The van der Waals surface area contributed by atoms with Crippen LogP contribution in [0.25, 0.3) is 5.69 Å². The standard InChI is InChI=1S/C13H13F3N4O2/c1-2-3-6-22-11-5-4-10(7-9(11)8-21)20-12(13(14,15)16)17-18-19-20/h4-5,7-8H,2-3,6H2,1H3. The lowest BCUT2D eigenvalue weighted by atomic mass is 10.2. The Morgan fingerprint density at radius 3 is 2.77 bits per heavy atom. The number of unbranched alkanes of at least 4 members (excludes halogenated alkanes) is 1. The van der Waals surface area contributed by atoms with Gasteiger partial charge in [-0.05, 0) is 35.0 Å². The van der Waals surface area contributed by atoms with Gasteiger partial charge in [0.2, 0.25) is 0 Å². The summed E-state index contributed by atoms with van der Waals surface area (Å²) in [4.78, 5) is 11.1. The Bertz CT molecular complexity index is 655. The van der Waals surface area contributed by atoms with E-state index in [0.717, 1.165) is 12.8 Å². The third-order valence-corrected chi connectivity index (χ3v) is 2.84. The SMILES string of the molecule is CCCCOc1ccc(-n2nnnc2C(F)(F)F)cc1C=O. The van der Waals surface area contributed by atoms with Gasteiger partial charge in [-0.15, -0.1) is 5.10 Å². The molecule has 0 atom stereocenters. The number of hydrogen-bond donors (Lipinski definition) is 0. The molecule has 0 aliphatic carbocycles. The molecule has 0 fully saturated rings. The molecule has 1 aromatic heterocycles. The third-order valence-electron chi connectivity index (χ3n) is 2.84. The largest absolute Gasteiger partial charge is 0.493 e. The van der Waals surface area contributed by atoms with E-state index < -0.39 is 12.0 Å². The van der Waals surface area contributed by atoms with E-state index in [1.807, 2.05) is 6.92 Å². The van der Waals surface area contributed by atoms with Crippen molar-refractivity contribution in [3.05, 3.63) is 29.6 Å². The summed E-state index contributed by atoms with van der Waals surface area (Å²) in [7, 11) is 0. The quantitative estimate of drug-likeness (QED) is 0.605. The molecule has 1 aromatic carbocycles. The van der Waals surface area contributed by atoms with E-state index in [9.17, 15) is 18.0 Å². The topological polar surface area (TPSA) is 69.9 Å². The molecule has 0 radical (unpaired) electrons. The predicted molar refractivity (Wildman–Crippen MR) is 69.9 cm³/mol. The zero-order chi connectivity index (χ0) is 16.2. The Morgan fingerprint density at radius 2 is 2.14 bits per heavy atom. The maximum atomic E-state index is 12.8. The molecular formula is C13H13F3N4O2. The van der Waals surface area contributed by atoms with Crippen molar-refractivity contribution in [2.24, 2.45) is 0 Å². The van der Waals surface area contributed by atoms with Gasteiger partial charge in [0, 0.05) is 0 Å². The van der Waals surface area contributed by atoms with Crippen LogP contribution in [0.2, 0.25) is 0 Å². The monoisotopic (exact) mass is 314 g/mol. The number of halogens is 3. The molecule has 2 aromatic rings. The van der Waals surface area contributed by atoms with Gasteiger partial charge in [-0.25, -0.2) is 0 Å². The van der Waals surface area contributed by atoms with Crippen LogP contribution in [0.5, 0.6) is 5.75 Å². The molecule has 6 nitrogen and oxygen atoms in total. The van der Waals surface area contributed by atoms with E-state index in [4.69, 9.17) is 4.74 Å². The van der Waals surface area contributed by atoms with E-state index in [0.29, 0.717) is 23.3 Å². The van der Waals surface area contributed by atoms with Crippen LogP contribution in [-0.4, -0.2) is 33.1 Å². The van der Waals surface area contributed by atoms with Gasteiger partial charge in [-0.2, -0.15) is 17.9 Å². The zero-order valence-corrected chi connectivity index (χ0v) is 11.7. The van der Waals surface area contributed by atoms with E-state index in [2.05, 4.69) is 15.5 Å². The van der Waals surface area contributed by atoms with Crippen LogP contribution < -0.4 is 4.74 Å². The smallest absolute Gasteiger partial charge is 0.453 e. The summed E-state index contributed by atoms with van der Waals surface area (Å²) in [5, 5.41) is 9.30. The minimum atomic E-state index is -4.69. The molecule has 0 amide bonds. The average molecular weight is 314 g/mol. The van der Waals surface area contributed by atoms with E-state index >= 15 is 0 Å². The summed E-state index contributed by atoms with van der Waals surface area (Å²) in [5.41, 5.74) is 0.166. The summed E-state index contributed by atoms with van der Waals surface area (Å²) in [6.45, 7) is 2.42. The summed E-state index contributed by atoms with van der Waals surface area (Å²) >= 11 is 0. The highest BCUT2D eigenvalue weighted by Gasteiger charge is 2.38. The predicted octanol–water partition coefficient (Wildman–Crippen LogP) is 2.67. The highest BCUT2D eigenvalue weighted by molar-refractivity contribution is 5.80. The van der Waals surface area contributed by atoms with Gasteiger partial charge in [0.15, 0.2) is 6.29 Å². The van der Waals surface area contributed by atoms with E-state index in [1.165, 1.54) is 18.2 Å². The third kappa shape index (κ3) is 3.41. The van der Waals surface area contributed by atoms with Gasteiger partial charge in [0.25, 0.3) is 5.82 Å². The molecule has 0 spiro atoms. The zero-order valence-electron chi connectivity index (χ0n) is 11.7. The van der Waals surface area contributed by atoms with Crippen LogP contribution in [0.4, 0.5) is 13.2 Å². The molecule has 118 valence electrons. The summed E-state index contributed by atoms with van der Waals surface area (Å²) in [6, 6.07) is 4.04. The normalized spacial score (nSPS) is 11.5. The molecule has 2 rings (SSSR count). The van der Waals surface area contributed by atoms with Crippen LogP contribution in [0.1, 0.15) is 35.9 Å². The van der Waals surface area contributed by atoms with E-state index in [-0.39, 0.29) is 11.3 Å². The first-order valence-corrected chi connectivity index (χ1v) is 6.55. The van der Waals surface area contributed by atoms with Gasteiger partial charge < -0.3 is 4.74 Å². The van der Waals surface area contributed by atoms with Crippen molar-refractivity contribution in [1.29, 1.82) is 0 Å². The van der Waals surface area contributed by atoms with Gasteiger partial charge in [-0.1, -0.05) is 13.3 Å². The van der Waals surface area contributed by atoms with Crippen molar-refractivity contribution >= 4 is 6.29 Å². The van der Waals surface area contributed by atoms with Crippen LogP contribution in [0, 0.1) is 0 Å². The van der Waals surface area contributed by atoms with Crippen molar-refractivity contribution in [1.82, 2.24) is 20.2 Å². The van der Waals surface area contributed by atoms with Gasteiger partial charge in [0.05, 0.1) is 17.9 Å². The van der Waals surface area contributed by atoms with Gasteiger partial charge in [-0.3, -0.25) is 4.79 Å². The fourth-order valence-electron chi connectivity index (χ4n) is 1.76. The number of ether oxygens (including phenoxy) is 1. The molecule has 0 bridgehead atoms. The molecule has 9 heteroatoms.